The largest absolute Gasteiger partial charge is 0.350 e. The Kier molecular flexibility index (Phi) is 4.41. The molecule has 0 fully saturated rings. The molecule has 2 aromatic heterocycles. The van der Waals surface area contributed by atoms with Crippen LogP contribution in [0, 0.1) is 0 Å². The second-order valence-electron chi connectivity index (χ2n) is 3.94. The lowest BCUT2D eigenvalue weighted by Crippen LogP contribution is -2.26. The van der Waals surface area contributed by atoms with Gasteiger partial charge in [0.1, 0.15) is 5.69 Å². The summed E-state index contributed by atoms with van der Waals surface area (Å²) in [7, 11) is 0. The van der Waals surface area contributed by atoms with Crippen LogP contribution in [0.1, 0.15) is 16.1 Å². The van der Waals surface area contributed by atoms with Crippen molar-refractivity contribution >= 4 is 11.6 Å². The summed E-state index contributed by atoms with van der Waals surface area (Å²) in [4.78, 5) is 19.8. The van der Waals surface area contributed by atoms with E-state index in [1.165, 1.54) is 6.20 Å². The molecule has 0 spiro atoms. The van der Waals surface area contributed by atoms with Gasteiger partial charge in [0.25, 0.3) is 5.91 Å². The smallest absolute Gasteiger partial charge is 0.269 e. The average molecular weight is 257 g/mol. The molecule has 0 saturated heterocycles. The number of hydrogen-bond donors (Lipinski definition) is 3. The van der Waals surface area contributed by atoms with Crippen molar-refractivity contribution in [2.75, 3.05) is 12.0 Å². The summed E-state index contributed by atoms with van der Waals surface area (Å²) in [6.45, 7) is 0.546. The average Bonchev–Trinajstić information content (AvgIpc) is 2.48. The highest BCUT2D eigenvalue weighted by molar-refractivity contribution is 5.93. The number of pyridine rings is 2. The molecule has 6 heteroatoms. The van der Waals surface area contributed by atoms with Crippen molar-refractivity contribution in [3.8, 4) is 0 Å². The van der Waals surface area contributed by atoms with Gasteiger partial charge in [-0.05, 0) is 36.2 Å². The molecule has 0 aliphatic rings. The fourth-order valence-corrected chi connectivity index (χ4v) is 1.60. The number of nitrogen functional groups attached to an aromatic ring is 1. The van der Waals surface area contributed by atoms with Gasteiger partial charge in [-0.2, -0.15) is 0 Å². The number of rotatable bonds is 5. The third-order valence-electron chi connectivity index (χ3n) is 2.61. The van der Waals surface area contributed by atoms with E-state index in [0.717, 1.165) is 12.0 Å². The van der Waals surface area contributed by atoms with Crippen LogP contribution < -0.4 is 16.6 Å². The lowest BCUT2D eigenvalue weighted by molar-refractivity contribution is 0.0949. The lowest BCUT2D eigenvalue weighted by Gasteiger charge is -2.06. The molecule has 19 heavy (non-hydrogen) atoms. The molecule has 98 valence electrons. The number of aromatic nitrogens is 2. The molecule has 0 unspecified atom stereocenters. The molecule has 2 heterocycles. The highest BCUT2D eigenvalue weighted by atomic mass is 16.1. The third kappa shape index (κ3) is 3.75. The topological polar surface area (TPSA) is 92.9 Å². The molecule has 0 aliphatic carbocycles. The minimum absolute atomic E-state index is 0.217. The maximum absolute atomic E-state index is 11.8. The van der Waals surface area contributed by atoms with E-state index in [4.69, 9.17) is 5.84 Å². The Hall–Kier alpha value is -2.47. The van der Waals surface area contributed by atoms with Crippen LogP contribution in [-0.4, -0.2) is 22.4 Å². The summed E-state index contributed by atoms with van der Waals surface area (Å²) >= 11 is 0. The number of nitrogens with one attached hydrogen (secondary N) is 2. The van der Waals surface area contributed by atoms with E-state index in [0.29, 0.717) is 17.9 Å². The molecular weight excluding hydrogens is 242 g/mol. The SMILES string of the molecule is NNc1ccnc(C(=O)NCCc2ccncc2)c1. The summed E-state index contributed by atoms with van der Waals surface area (Å²) < 4.78 is 0. The molecule has 0 aliphatic heterocycles. The number of carbonyl (C=O) groups is 1. The molecule has 0 aromatic carbocycles. The fourth-order valence-electron chi connectivity index (χ4n) is 1.60. The first-order valence-corrected chi connectivity index (χ1v) is 5.89. The first-order valence-electron chi connectivity index (χ1n) is 5.89. The van der Waals surface area contributed by atoms with Gasteiger partial charge in [0.2, 0.25) is 0 Å². The predicted molar refractivity (Wildman–Crippen MR) is 72.3 cm³/mol. The van der Waals surface area contributed by atoms with E-state index in [1.807, 2.05) is 12.1 Å². The fraction of sp³-hybridized carbons (Fsp3) is 0.154. The van der Waals surface area contributed by atoms with Gasteiger partial charge in [-0.3, -0.25) is 20.6 Å². The Balaban J connectivity index is 1.87. The van der Waals surface area contributed by atoms with Gasteiger partial charge in [-0.1, -0.05) is 0 Å². The van der Waals surface area contributed by atoms with Gasteiger partial charge in [0, 0.05) is 25.1 Å². The number of carbonyl (C=O) groups excluding carboxylic acids is 1. The summed E-state index contributed by atoms with van der Waals surface area (Å²) in [5.41, 5.74) is 4.59. The van der Waals surface area contributed by atoms with Crippen LogP contribution in [0.2, 0.25) is 0 Å². The van der Waals surface area contributed by atoms with Crippen molar-refractivity contribution in [1.82, 2.24) is 15.3 Å². The zero-order chi connectivity index (χ0) is 13.5. The molecule has 0 radical (unpaired) electrons. The van der Waals surface area contributed by atoms with Crippen molar-refractivity contribution in [2.45, 2.75) is 6.42 Å². The van der Waals surface area contributed by atoms with Gasteiger partial charge in [-0.25, -0.2) is 0 Å². The molecule has 0 bridgehead atoms. The molecule has 6 nitrogen and oxygen atoms in total. The summed E-state index contributed by atoms with van der Waals surface area (Å²) in [5, 5.41) is 2.81. The first-order chi connectivity index (χ1) is 9.29. The van der Waals surface area contributed by atoms with Gasteiger partial charge >= 0.3 is 0 Å². The number of nitrogens with zero attached hydrogens (tertiary/aromatic N) is 2. The molecule has 1 amide bonds. The number of amides is 1. The van der Waals surface area contributed by atoms with Crippen molar-refractivity contribution in [3.63, 3.8) is 0 Å². The van der Waals surface area contributed by atoms with E-state index in [-0.39, 0.29) is 5.91 Å². The highest BCUT2D eigenvalue weighted by Crippen LogP contribution is 2.05. The van der Waals surface area contributed by atoms with Crippen molar-refractivity contribution < 1.29 is 4.79 Å². The van der Waals surface area contributed by atoms with Crippen LogP contribution in [0.25, 0.3) is 0 Å². The zero-order valence-corrected chi connectivity index (χ0v) is 10.3. The van der Waals surface area contributed by atoms with Crippen molar-refractivity contribution in [2.24, 2.45) is 5.84 Å². The first kappa shape index (κ1) is 13.0. The van der Waals surface area contributed by atoms with Crippen LogP contribution in [0.5, 0.6) is 0 Å². The summed E-state index contributed by atoms with van der Waals surface area (Å²) in [6.07, 6.45) is 5.75. The number of anilines is 1. The lowest BCUT2D eigenvalue weighted by atomic mass is 10.2. The summed E-state index contributed by atoms with van der Waals surface area (Å²) in [5.74, 6) is 5.06. The number of hydrazine groups is 1. The maximum Gasteiger partial charge on any atom is 0.269 e. The van der Waals surface area contributed by atoms with Crippen LogP contribution in [0.15, 0.2) is 42.9 Å². The molecule has 2 rings (SSSR count). The van der Waals surface area contributed by atoms with Crippen molar-refractivity contribution in [1.29, 1.82) is 0 Å². The molecule has 2 aromatic rings. The van der Waals surface area contributed by atoms with Gasteiger partial charge in [0.05, 0.1) is 5.69 Å². The van der Waals surface area contributed by atoms with Gasteiger partial charge in [0.15, 0.2) is 0 Å². The molecule has 0 atom stereocenters. The third-order valence-corrected chi connectivity index (χ3v) is 2.61. The van der Waals surface area contributed by atoms with E-state index >= 15 is 0 Å². The molecule has 4 N–H and O–H groups in total. The normalized spacial score (nSPS) is 9.95. The van der Waals surface area contributed by atoms with Crippen LogP contribution in [0.4, 0.5) is 5.69 Å². The molecular formula is C13H15N5O. The van der Waals surface area contributed by atoms with Crippen LogP contribution in [0.3, 0.4) is 0 Å². The van der Waals surface area contributed by atoms with E-state index < -0.39 is 0 Å². The maximum atomic E-state index is 11.8. The standard InChI is InChI=1S/C13H15N5O/c14-18-11-4-8-16-12(9-11)13(19)17-7-3-10-1-5-15-6-2-10/h1-2,4-6,8-9H,3,7,14H2,(H,16,18)(H,17,19). The second kappa shape index (κ2) is 6.46. The van der Waals surface area contributed by atoms with E-state index in [9.17, 15) is 4.79 Å². The number of hydrogen-bond acceptors (Lipinski definition) is 5. The highest BCUT2D eigenvalue weighted by Gasteiger charge is 2.06. The Morgan fingerprint density at radius 1 is 1.21 bits per heavy atom. The Morgan fingerprint density at radius 3 is 2.74 bits per heavy atom. The summed E-state index contributed by atoms with van der Waals surface area (Å²) in [6, 6.07) is 7.13. The second-order valence-corrected chi connectivity index (χ2v) is 3.94. The monoisotopic (exact) mass is 257 g/mol. The van der Waals surface area contributed by atoms with Crippen LogP contribution in [-0.2, 0) is 6.42 Å². The van der Waals surface area contributed by atoms with Gasteiger partial charge in [-0.15, -0.1) is 0 Å². The predicted octanol–water partition coefficient (Wildman–Crippen LogP) is 0.735. The van der Waals surface area contributed by atoms with Crippen molar-refractivity contribution in [3.05, 3.63) is 54.1 Å². The minimum Gasteiger partial charge on any atom is -0.350 e. The number of nitrogens with two attached hydrogens (primary N) is 1. The zero-order valence-electron chi connectivity index (χ0n) is 10.3. The minimum atomic E-state index is -0.217. The quantitative estimate of drug-likeness (QED) is 0.542. The Bertz CT molecular complexity index is 544. The van der Waals surface area contributed by atoms with E-state index in [2.05, 4.69) is 20.7 Å². The van der Waals surface area contributed by atoms with Gasteiger partial charge < -0.3 is 10.7 Å². The Morgan fingerprint density at radius 2 is 2.00 bits per heavy atom. The van der Waals surface area contributed by atoms with E-state index in [1.54, 1.807) is 24.5 Å². The molecule has 0 saturated carbocycles. The van der Waals surface area contributed by atoms with Crippen LogP contribution >= 0.6 is 0 Å². The Labute approximate surface area is 111 Å².